The van der Waals surface area contributed by atoms with Crippen LogP contribution in [0.4, 0.5) is 18.9 Å². The van der Waals surface area contributed by atoms with Crippen LogP contribution in [0.2, 0.25) is 5.02 Å². The molecule has 1 saturated heterocycles. The Morgan fingerprint density at radius 2 is 1.90 bits per heavy atom. The van der Waals surface area contributed by atoms with E-state index in [0.717, 1.165) is 11.6 Å². The summed E-state index contributed by atoms with van der Waals surface area (Å²) >= 11 is 10.6. The minimum Gasteiger partial charge on any atom is -0.375 e. The third kappa shape index (κ3) is 6.07. The fourth-order valence-electron chi connectivity index (χ4n) is 3.35. The van der Waals surface area contributed by atoms with Crippen molar-refractivity contribution < 1.29 is 13.2 Å². The molecule has 0 unspecified atom stereocenters. The number of nitrogens with zero attached hydrogens (tertiary/aromatic N) is 3. The largest absolute Gasteiger partial charge is 0.418 e. The minimum absolute atomic E-state index is 0.0606. The van der Waals surface area contributed by atoms with Gasteiger partial charge in [0.1, 0.15) is 0 Å². The Bertz CT molecular complexity index is 927. The summed E-state index contributed by atoms with van der Waals surface area (Å²) in [4.78, 5) is 3.98. The van der Waals surface area contributed by atoms with Gasteiger partial charge in [0.25, 0.3) is 0 Å². The maximum atomic E-state index is 13.7. The van der Waals surface area contributed by atoms with Gasteiger partial charge in [0.05, 0.1) is 11.8 Å². The lowest BCUT2D eigenvalue weighted by atomic mass is 10.1. The van der Waals surface area contributed by atoms with Crippen molar-refractivity contribution in [3.63, 3.8) is 0 Å². The van der Waals surface area contributed by atoms with E-state index in [2.05, 4.69) is 27.6 Å². The van der Waals surface area contributed by atoms with E-state index in [1.807, 2.05) is 24.3 Å². The molecular weight excluding hydrogens is 435 g/mol. The number of halogens is 4. The van der Waals surface area contributed by atoms with Crippen LogP contribution < -0.4 is 16.1 Å². The SMILES string of the molecule is NC(=S)NN=Cc1ccc(N2CCN(Cc3cccc(Cl)c3)CC2)c(C(F)(F)F)c1. The van der Waals surface area contributed by atoms with Crippen molar-refractivity contribution in [1.82, 2.24) is 10.3 Å². The average Bonchev–Trinajstić information content (AvgIpc) is 2.68. The molecule has 2 aromatic carbocycles. The van der Waals surface area contributed by atoms with Crippen LogP contribution in [0.1, 0.15) is 16.7 Å². The summed E-state index contributed by atoms with van der Waals surface area (Å²) in [6.07, 6.45) is -3.23. The lowest BCUT2D eigenvalue weighted by molar-refractivity contribution is -0.137. The molecule has 0 radical (unpaired) electrons. The average molecular weight is 456 g/mol. The maximum absolute atomic E-state index is 13.7. The number of rotatable bonds is 5. The van der Waals surface area contributed by atoms with Crippen molar-refractivity contribution in [2.45, 2.75) is 12.7 Å². The monoisotopic (exact) mass is 455 g/mol. The van der Waals surface area contributed by atoms with Crippen LogP contribution >= 0.6 is 23.8 Å². The number of alkyl halides is 3. The summed E-state index contributed by atoms with van der Waals surface area (Å²) in [5.41, 5.74) is 8.45. The summed E-state index contributed by atoms with van der Waals surface area (Å²) in [6, 6.07) is 11.8. The van der Waals surface area contributed by atoms with Gasteiger partial charge in [0.2, 0.25) is 0 Å². The number of anilines is 1. The molecule has 0 spiro atoms. The Morgan fingerprint density at radius 3 is 2.53 bits per heavy atom. The van der Waals surface area contributed by atoms with E-state index in [1.54, 1.807) is 11.0 Å². The molecule has 1 aliphatic heterocycles. The first kappa shape index (κ1) is 22.3. The molecule has 1 aliphatic rings. The Balaban J connectivity index is 1.71. The summed E-state index contributed by atoms with van der Waals surface area (Å²) in [5.74, 6) is 0. The predicted molar refractivity (Wildman–Crippen MR) is 118 cm³/mol. The molecule has 0 aromatic heterocycles. The lowest BCUT2D eigenvalue weighted by Gasteiger charge is -2.37. The fourth-order valence-corrected chi connectivity index (χ4v) is 3.61. The van der Waals surface area contributed by atoms with E-state index in [9.17, 15) is 13.2 Å². The highest BCUT2D eigenvalue weighted by Gasteiger charge is 2.35. The normalized spacial score (nSPS) is 15.5. The van der Waals surface area contributed by atoms with Gasteiger partial charge in [0.15, 0.2) is 5.11 Å². The molecule has 10 heteroatoms. The molecule has 0 saturated carbocycles. The third-order valence-corrected chi connectivity index (χ3v) is 5.05. The molecule has 3 rings (SSSR count). The van der Waals surface area contributed by atoms with Gasteiger partial charge < -0.3 is 10.6 Å². The fraction of sp³-hybridized carbons (Fsp3) is 0.300. The van der Waals surface area contributed by atoms with Crippen molar-refractivity contribution >= 4 is 40.8 Å². The Morgan fingerprint density at radius 1 is 1.17 bits per heavy atom. The summed E-state index contributed by atoms with van der Waals surface area (Å²) in [5, 5.41) is 4.34. The highest BCUT2D eigenvalue weighted by molar-refractivity contribution is 7.80. The number of thiocarbonyl (C=S) groups is 1. The molecule has 0 aliphatic carbocycles. The second kappa shape index (κ2) is 9.63. The van der Waals surface area contributed by atoms with Gasteiger partial charge in [-0.05, 0) is 47.6 Å². The topological polar surface area (TPSA) is 56.9 Å². The third-order valence-electron chi connectivity index (χ3n) is 4.72. The van der Waals surface area contributed by atoms with E-state index in [-0.39, 0.29) is 10.8 Å². The van der Waals surface area contributed by atoms with Crippen molar-refractivity contribution in [1.29, 1.82) is 0 Å². The molecule has 5 nitrogen and oxygen atoms in total. The number of hydrogen-bond donors (Lipinski definition) is 2. The molecule has 1 heterocycles. The van der Waals surface area contributed by atoms with E-state index in [4.69, 9.17) is 17.3 Å². The Kier molecular flexibility index (Phi) is 7.17. The highest BCUT2D eigenvalue weighted by Crippen LogP contribution is 2.37. The zero-order valence-electron chi connectivity index (χ0n) is 16.0. The number of hydrazone groups is 1. The van der Waals surface area contributed by atoms with Crippen molar-refractivity contribution in [2.75, 3.05) is 31.1 Å². The van der Waals surface area contributed by atoms with Crippen LogP contribution in [-0.2, 0) is 12.7 Å². The van der Waals surface area contributed by atoms with Crippen LogP contribution in [-0.4, -0.2) is 42.4 Å². The van der Waals surface area contributed by atoms with Gasteiger partial charge >= 0.3 is 6.18 Å². The van der Waals surface area contributed by atoms with E-state index in [0.29, 0.717) is 43.3 Å². The van der Waals surface area contributed by atoms with Crippen LogP contribution in [0, 0.1) is 0 Å². The molecule has 3 N–H and O–H groups in total. The first-order valence-electron chi connectivity index (χ1n) is 9.24. The van der Waals surface area contributed by atoms with Crippen molar-refractivity contribution in [2.24, 2.45) is 10.8 Å². The molecule has 30 heavy (non-hydrogen) atoms. The maximum Gasteiger partial charge on any atom is 0.418 e. The van der Waals surface area contributed by atoms with Crippen molar-refractivity contribution in [3.8, 4) is 0 Å². The lowest BCUT2D eigenvalue weighted by Crippen LogP contribution is -2.46. The highest BCUT2D eigenvalue weighted by atomic mass is 35.5. The minimum atomic E-state index is -4.48. The van der Waals surface area contributed by atoms with Gasteiger partial charge in [0, 0.05) is 43.4 Å². The number of piperazine rings is 1. The molecule has 1 fully saturated rings. The van der Waals surface area contributed by atoms with Gasteiger partial charge in [-0.1, -0.05) is 29.8 Å². The van der Waals surface area contributed by atoms with E-state index < -0.39 is 11.7 Å². The van der Waals surface area contributed by atoms with Gasteiger partial charge in [-0.2, -0.15) is 18.3 Å². The van der Waals surface area contributed by atoms with Crippen LogP contribution in [0.5, 0.6) is 0 Å². The van der Waals surface area contributed by atoms with Gasteiger partial charge in [-0.15, -0.1) is 0 Å². The summed E-state index contributed by atoms with van der Waals surface area (Å²) < 4.78 is 41.1. The smallest absolute Gasteiger partial charge is 0.375 e. The van der Waals surface area contributed by atoms with Crippen LogP contribution in [0.3, 0.4) is 0 Å². The zero-order valence-corrected chi connectivity index (χ0v) is 17.6. The second-order valence-corrected chi connectivity index (χ2v) is 7.78. The summed E-state index contributed by atoms with van der Waals surface area (Å²) in [6.45, 7) is 3.03. The molecule has 160 valence electrons. The molecule has 2 aromatic rings. The number of nitrogens with two attached hydrogens (primary N) is 1. The standard InChI is InChI=1S/C20H21ClF3N5S/c21-16-3-1-2-15(10-16)13-28-6-8-29(9-7-28)18-5-4-14(12-26-27-19(25)30)11-17(18)20(22,23)24/h1-5,10-12H,6-9,13H2,(H3,25,27,30). The number of benzene rings is 2. The van der Waals surface area contributed by atoms with Crippen LogP contribution in [0.25, 0.3) is 0 Å². The quantitative estimate of drug-likeness (QED) is 0.407. The summed E-state index contributed by atoms with van der Waals surface area (Å²) in [7, 11) is 0. The Hall–Kier alpha value is -2.36. The molecule has 0 bridgehead atoms. The molecular formula is C20H21ClF3N5S. The van der Waals surface area contributed by atoms with E-state index in [1.165, 1.54) is 12.3 Å². The van der Waals surface area contributed by atoms with Gasteiger partial charge in [-0.25, -0.2) is 0 Å². The Labute approximate surface area is 183 Å². The molecule has 0 amide bonds. The second-order valence-electron chi connectivity index (χ2n) is 6.90. The first-order valence-corrected chi connectivity index (χ1v) is 10.0. The zero-order chi connectivity index (χ0) is 21.7. The number of hydrogen-bond acceptors (Lipinski definition) is 4. The van der Waals surface area contributed by atoms with Crippen molar-refractivity contribution in [3.05, 3.63) is 64.2 Å². The van der Waals surface area contributed by atoms with Crippen LogP contribution in [0.15, 0.2) is 47.6 Å². The predicted octanol–water partition coefficient (Wildman–Crippen LogP) is 3.85. The van der Waals surface area contributed by atoms with E-state index >= 15 is 0 Å². The number of nitrogens with one attached hydrogen (secondary N) is 1. The first-order chi connectivity index (χ1) is 14.2. The van der Waals surface area contributed by atoms with Gasteiger partial charge in [-0.3, -0.25) is 10.3 Å². The molecule has 0 atom stereocenters.